The molecule has 0 saturated carbocycles. The number of rotatable bonds is 6. The Morgan fingerprint density at radius 3 is 2.54 bits per heavy atom. The summed E-state index contributed by atoms with van der Waals surface area (Å²) in [5.41, 5.74) is 0.465. The van der Waals surface area contributed by atoms with Gasteiger partial charge in [0.1, 0.15) is 5.00 Å². The van der Waals surface area contributed by atoms with Crippen molar-refractivity contribution in [1.29, 1.82) is 0 Å². The van der Waals surface area contributed by atoms with Crippen LogP contribution in [0.4, 0.5) is 5.00 Å². The van der Waals surface area contributed by atoms with Crippen LogP contribution in [0.3, 0.4) is 0 Å². The quantitative estimate of drug-likeness (QED) is 0.793. The van der Waals surface area contributed by atoms with Gasteiger partial charge in [-0.25, -0.2) is 4.79 Å². The van der Waals surface area contributed by atoms with E-state index in [0.29, 0.717) is 35.8 Å². The number of carbonyl (C=O) groups is 2. The predicted molar refractivity (Wildman–Crippen MR) is 97.8 cm³/mol. The lowest BCUT2D eigenvalue weighted by atomic mass is 9.97. The Kier molecular flexibility index (Phi) is 6.80. The van der Waals surface area contributed by atoms with Gasteiger partial charge in [-0.15, -0.1) is 11.3 Å². The molecule has 134 valence electrons. The SMILES string of the molecule is CCOC(=O)c1cc(CC)sc1NC(=O)CN1C(C)CCCC1C. The fraction of sp³-hybridized carbons (Fsp3) is 0.667. The number of carbonyl (C=O) groups excluding carboxylic acids is 2. The first kappa shape index (κ1) is 18.9. The molecule has 2 unspecified atom stereocenters. The molecule has 0 aromatic carbocycles. The molecule has 6 heteroatoms. The number of hydrogen-bond donors (Lipinski definition) is 1. The van der Waals surface area contributed by atoms with E-state index >= 15 is 0 Å². The van der Waals surface area contributed by atoms with Gasteiger partial charge in [0, 0.05) is 17.0 Å². The van der Waals surface area contributed by atoms with Gasteiger partial charge < -0.3 is 10.1 Å². The van der Waals surface area contributed by atoms with Gasteiger partial charge in [0.05, 0.1) is 18.7 Å². The van der Waals surface area contributed by atoms with Gasteiger partial charge >= 0.3 is 5.97 Å². The van der Waals surface area contributed by atoms with E-state index in [9.17, 15) is 9.59 Å². The number of thiophene rings is 1. The van der Waals surface area contributed by atoms with Crippen molar-refractivity contribution in [3.8, 4) is 0 Å². The molecule has 1 amide bonds. The molecule has 5 nitrogen and oxygen atoms in total. The monoisotopic (exact) mass is 352 g/mol. The minimum atomic E-state index is -0.372. The third-order valence-corrected chi connectivity index (χ3v) is 5.78. The van der Waals surface area contributed by atoms with Gasteiger partial charge in [-0.1, -0.05) is 13.3 Å². The minimum absolute atomic E-state index is 0.0642. The third-order valence-electron chi connectivity index (χ3n) is 4.58. The van der Waals surface area contributed by atoms with Gasteiger partial charge in [-0.2, -0.15) is 0 Å². The number of ether oxygens (including phenoxy) is 1. The Hall–Kier alpha value is -1.40. The summed E-state index contributed by atoms with van der Waals surface area (Å²) in [6, 6.07) is 2.65. The molecule has 24 heavy (non-hydrogen) atoms. The molecule has 1 aliphatic heterocycles. The van der Waals surface area contributed by atoms with E-state index in [0.717, 1.165) is 24.1 Å². The second kappa shape index (κ2) is 8.62. The Balaban J connectivity index is 2.07. The van der Waals surface area contributed by atoms with Crippen molar-refractivity contribution in [2.24, 2.45) is 0 Å². The van der Waals surface area contributed by atoms with Crippen LogP contribution in [0.5, 0.6) is 0 Å². The van der Waals surface area contributed by atoms with E-state index in [2.05, 4.69) is 24.1 Å². The molecule has 1 N–H and O–H groups in total. The highest BCUT2D eigenvalue weighted by Crippen LogP contribution is 2.30. The van der Waals surface area contributed by atoms with E-state index in [1.165, 1.54) is 17.8 Å². The van der Waals surface area contributed by atoms with E-state index in [-0.39, 0.29) is 11.9 Å². The summed E-state index contributed by atoms with van der Waals surface area (Å²) < 4.78 is 5.10. The van der Waals surface area contributed by atoms with Crippen LogP contribution in [0.1, 0.15) is 62.2 Å². The number of nitrogens with zero attached hydrogens (tertiary/aromatic N) is 1. The van der Waals surface area contributed by atoms with Crippen molar-refractivity contribution in [2.75, 3.05) is 18.5 Å². The Morgan fingerprint density at radius 2 is 1.96 bits per heavy atom. The van der Waals surface area contributed by atoms with E-state index in [1.807, 2.05) is 13.0 Å². The number of amides is 1. The van der Waals surface area contributed by atoms with Gasteiger partial charge in [-0.3, -0.25) is 9.69 Å². The summed E-state index contributed by atoms with van der Waals surface area (Å²) in [5, 5.41) is 3.53. The first-order valence-electron chi connectivity index (χ1n) is 8.81. The molecule has 1 fully saturated rings. The highest BCUT2D eigenvalue weighted by molar-refractivity contribution is 7.16. The molecule has 2 atom stereocenters. The minimum Gasteiger partial charge on any atom is -0.462 e. The van der Waals surface area contributed by atoms with Gasteiger partial charge in [0.15, 0.2) is 0 Å². The Bertz CT molecular complexity index is 575. The van der Waals surface area contributed by atoms with E-state index in [4.69, 9.17) is 4.74 Å². The first-order chi connectivity index (χ1) is 11.5. The molecule has 1 saturated heterocycles. The number of aryl methyl sites for hydroxylation is 1. The summed E-state index contributed by atoms with van der Waals surface area (Å²) in [6.45, 7) is 8.85. The molecular weight excluding hydrogens is 324 g/mol. The number of piperidine rings is 1. The number of hydrogen-bond acceptors (Lipinski definition) is 5. The molecule has 0 spiro atoms. The summed E-state index contributed by atoms with van der Waals surface area (Å²) in [4.78, 5) is 27.9. The molecule has 0 bridgehead atoms. The van der Waals surface area contributed by atoms with Crippen LogP contribution in [0.15, 0.2) is 6.07 Å². The van der Waals surface area contributed by atoms with Crippen LogP contribution in [-0.2, 0) is 16.0 Å². The van der Waals surface area contributed by atoms with Crippen LogP contribution >= 0.6 is 11.3 Å². The van der Waals surface area contributed by atoms with Crippen molar-refractivity contribution in [2.45, 2.75) is 65.5 Å². The van der Waals surface area contributed by atoms with Crippen LogP contribution in [0.2, 0.25) is 0 Å². The lowest BCUT2D eigenvalue weighted by Gasteiger charge is -2.38. The maximum atomic E-state index is 12.5. The van der Waals surface area contributed by atoms with Crippen molar-refractivity contribution in [1.82, 2.24) is 4.90 Å². The van der Waals surface area contributed by atoms with Gasteiger partial charge in [0.25, 0.3) is 0 Å². The lowest BCUT2D eigenvalue weighted by molar-refractivity contribution is -0.118. The van der Waals surface area contributed by atoms with E-state index in [1.54, 1.807) is 6.92 Å². The summed E-state index contributed by atoms with van der Waals surface area (Å²) >= 11 is 1.45. The van der Waals surface area contributed by atoms with Gasteiger partial charge in [0.2, 0.25) is 5.91 Å². The molecule has 0 aliphatic carbocycles. The first-order valence-corrected chi connectivity index (χ1v) is 9.63. The maximum absolute atomic E-state index is 12.5. The molecule has 1 aromatic heterocycles. The predicted octanol–water partition coefficient (Wildman–Crippen LogP) is 3.69. The highest BCUT2D eigenvalue weighted by Gasteiger charge is 2.27. The summed E-state index contributed by atoms with van der Waals surface area (Å²) in [5.74, 6) is -0.436. The van der Waals surface area contributed by atoms with Crippen LogP contribution < -0.4 is 5.32 Å². The second-order valence-electron chi connectivity index (χ2n) is 6.38. The largest absolute Gasteiger partial charge is 0.462 e. The zero-order chi connectivity index (χ0) is 17.7. The van der Waals surface area contributed by atoms with Crippen molar-refractivity contribution in [3.63, 3.8) is 0 Å². The summed E-state index contributed by atoms with van der Waals surface area (Å²) in [6.07, 6.45) is 4.31. The highest BCUT2D eigenvalue weighted by atomic mass is 32.1. The van der Waals surface area contributed by atoms with Gasteiger partial charge in [-0.05, 0) is 46.1 Å². The molecule has 1 aromatic rings. The Labute approximate surface area is 148 Å². The topological polar surface area (TPSA) is 58.6 Å². The lowest BCUT2D eigenvalue weighted by Crippen LogP contribution is -2.47. The number of esters is 1. The molecule has 2 rings (SSSR count). The van der Waals surface area contributed by atoms with Crippen molar-refractivity contribution in [3.05, 3.63) is 16.5 Å². The smallest absolute Gasteiger partial charge is 0.341 e. The average molecular weight is 353 g/mol. The average Bonchev–Trinajstić information content (AvgIpc) is 2.94. The van der Waals surface area contributed by atoms with Crippen molar-refractivity contribution < 1.29 is 14.3 Å². The fourth-order valence-corrected chi connectivity index (χ4v) is 4.19. The normalized spacial score (nSPS) is 21.5. The third kappa shape index (κ3) is 4.57. The standard InChI is InChI=1S/C18H28N2O3S/c1-5-14-10-15(18(22)23-6-2)17(24-14)19-16(21)11-20-12(3)8-7-9-13(20)4/h10,12-13H,5-9,11H2,1-4H3,(H,19,21). The second-order valence-corrected chi connectivity index (χ2v) is 7.52. The fourth-order valence-electron chi connectivity index (χ4n) is 3.19. The Morgan fingerprint density at radius 1 is 1.29 bits per heavy atom. The van der Waals surface area contributed by atoms with Crippen molar-refractivity contribution >= 4 is 28.2 Å². The molecule has 1 aliphatic rings. The number of likely N-dealkylation sites (tertiary alicyclic amines) is 1. The maximum Gasteiger partial charge on any atom is 0.341 e. The summed E-state index contributed by atoms with van der Waals surface area (Å²) in [7, 11) is 0. The van der Waals surface area contributed by atoms with Crippen LogP contribution in [0, 0.1) is 0 Å². The van der Waals surface area contributed by atoms with Crippen LogP contribution in [-0.4, -0.2) is 42.0 Å². The zero-order valence-electron chi connectivity index (χ0n) is 15.1. The molecular formula is C18H28N2O3S. The molecule has 2 heterocycles. The van der Waals surface area contributed by atoms with E-state index < -0.39 is 0 Å². The zero-order valence-corrected chi connectivity index (χ0v) is 15.9. The molecule has 0 radical (unpaired) electrons. The number of nitrogens with one attached hydrogen (secondary N) is 1. The number of anilines is 1. The van der Waals surface area contributed by atoms with Crippen LogP contribution in [0.25, 0.3) is 0 Å².